The number of hydrogen-bond acceptors (Lipinski definition) is 10. The molecule has 6 aromatic carbocycles. The molecule has 10 heteroatoms. The van der Waals surface area contributed by atoms with Gasteiger partial charge >= 0.3 is 0 Å². The van der Waals surface area contributed by atoms with Crippen LogP contribution in [0.1, 0.15) is 0 Å². The highest BCUT2D eigenvalue weighted by atomic mass is 16.5. The number of hydrogen-bond donors (Lipinski definition) is 2. The molecule has 0 unspecified atom stereocenters. The van der Waals surface area contributed by atoms with Gasteiger partial charge in [-0.25, -0.2) is 0 Å². The molecule has 0 radical (unpaired) electrons. The van der Waals surface area contributed by atoms with Gasteiger partial charge in [-0.3, -0.25) is 0 Å². The normalized spacial score (nSPS) is 10.7. The zero-order valence-corrected chi connectivity index (χ0v) is 32.4. The molecule has 10 nitrogen and oxygen atoms in total. The van der Waals surface area contributed by atoms with Crippen LogP contribution >= 0.6 is 0 Å². The number of nitrogens with zero attached hydrogens (tertiary/aromatic N) is 5. The van der Waals surface area contributed by atoms with Crippen molar-refractivity contribution in [3.05, 3.63) is 146 Å². The molecule has 0 heterocycles. The summed E-state index contributed by atoms with van der Waals surface area (Å²) in [6, 6.07) is 47.5. The van der Waals surface area contributed by atoms with Crippen LogP contribution in [-0.2, 0) is 0 Å². The maximum atomic E-state index is 10.6. The standard InChI is InChI=1S/C45H50N6O4/c1-47(2)35-9-21-41(22-10-35)53-40-19-7-34(8-20-40)46-31-50(38-15-27-44(28-16-38)54-42-23-11-36(12-24-42)48(3)4)32-51(33-52)39-17-29-45(30-18-39)55-43-25-13-37(14-26-43)49(5)6/h7-30,46,52H,31-33H2,1-6H3. The van der Waals surface area contributed by atoms with Crippen molar-refractivity contribution in [3.63, 3.8) is 0 Å². The Morgan fingerprint density at radius 1 is 0.382 bits per heavy atom. The number of benzene rings is 6. The smallest absolute Gasteiger partial charge is 0.127 e. The molecular weight excluding hydrogens is 689 g/mol. The fourth-order valence-electron chi connectivity index (χ4n) is 5.76. The maximum absolute atomic E-state index is 10.6. The Hall–Kier alpha value is -6.52. The lowest BCUT2D eigenvalue weighted by Gasteiger charge is -2.33. The van der Waals surface area contributed by atoms with E-state index in [9.17, 15) is 5.11 Å². The molecular formula is C45H50N6O4. The first-order valence-corrected chi connectivity index (χ1v) is 18.1. The number of ether oxygens (including phenoxy) is 3. The molecule has 0 saturated carbocycles. The van der Waals surface area contributed by atoms with Gasteiger partial charge in [0.25, 0.3) is 0 Å². The molecule has 6 rings (SSSR count). The summed E-state index contributed by atoms with van der Waals surface area (Å²) in [4.78, 5) is 10.2. The molecule has 284 valence electrons. The van der Waals surface area contributed by atoms with Crippen molar-refractivity contribution in [1.29, 1.82) is 0 Å². The summed E-state index contributed by atoms with van der Waals surface area (Å²) in [7, 11) is 12.1. The topological polar surface area (TPSA) is 76.2 Å². The van der Waals surface area contributed by atoms with Crippen molar-refractivity contribution in [2.24, 2.45) is 0 Å². The largest absolute Gasteiger partial charge is 0.457 e. The number of aliphatic hydroxyl groups is 1. The van der Waals surface area contributed by atoms with Crippen LogP contribution in [0, 0.1) is 0 Å². The second-order valence-electron chi connectivity index (χ2n) is 13.7. The quantitative estimate of drug-likeness (QED) is 0.0884. The van der Waals surface area contributed by atoms with Crippen molar-refractivity contribution in [2.45, 2.75) is 0 Å². The van der Waals surface area contributed by atoms with Crippen molar-refractivity contribution in [3.8, 4) is 34.5 Å². The van der Waals surface area contributed by atoms with Gasteiger partial charge in [0, 0.05) is 76.4 Å². The fraction of sp³-hybridized carbons (Fsp3) is 0.200. The second kappa shape index (κ2) is 18.0. The van der Waals surface area contributed by atoms with E-state index in [1.807, 2.05) is 198 Å². The number of rotatable bonds is 17. The Morgan fingerprint density at radius 2 is 0.655 bits per heavy atom. The third-order valence-electron chi connectivity index (χ3n) is 9.01. The van der Waals surface area contributed by atoms with Crippen LogP contribution in [0.4, 0.5) is 34.1 Å². The molecule has 0 aliphatic carbocycles. The predicted octanol–water partition coefficient (Wildman–Crippen LogP) is 9.55. The molecule has 0 atom stereocenters. The number of anilines is 6. The molecule has 0 spiro atoms. The molecule has 6 aromatic rings. The van der Waals surface area contributed by atoms with E-state index in [1.54, 1.807) is 0 Å². The van der Waals surface area contributed by atoms with Crippen LogP contribution in [0.25, 0.3) is 0 Å². The van der Waals surface area contributed by atoms with Gasteiger partial charge in [0.2, 0.25) is 0 Å². The van der Waals surface area contributed by atoms with Gasteiger partial charge in [-0.2, -0.15) is 0 Å². The highest BCUT2D eigenvalue weighted by molar-refractivity contribution is 5.57. The van der Waals surface area contributed by atoms with Gasteiger partial charge in [0.15, 0.2) is 0 Å². The summed E-state index contributed by atoms with van der Waals surface area (Å²) in [5, 5.41) is 14.1. The van der Waals surface area contributed by atoms with Gasteiger partial charge in [-0.05, 0) is 146 Å². The molecule has 0 aliphatic heterocycles. The van der Waals surface area contributed by atoms with Gasteiger partial charge < -0.3 is 49.1 Å². The van der Waals surface area contributed by atoms with Crippen LogP contribution in [-0.4, -0.2) is 67.5 Å². The van der Waals surface area contributed by atoms with E-state index in [0.717, 1.165) is 62.9 Å². The minimum absolute atomic E-state index is 0.186. The van der Waals surface area contributed by atoms with Crippen LogP contribution < -0.4 is 44.0 Å². The van der Waals surface area contributed by atoms with E-state index in [-0.39, 0.29) is 6.73 Å². The minimum Gasteiger partial charge on any atom is -0.457 e. The zero-order valence-electron chi connectivity index (χ0n) is 32.4. The van der Waals surface area contributed by atoms with Gasteiger partial charge in [-0.1, -0.05) is 0 Å². The molecule has 0 aromatic heterocycles. The SMILES string of the molecule is CN(C)c1ccc(Oc2ccc(NCN(CN(CO)c3ccc(Oc4ccc(N(C)C)cc4)cc3)c3ccc(Oc4ccc(N(C)C)cc4)cc3)cc2)cc1. The molecule has 2 N–H and O–H groups in total. The summed E-state index contributed by atoms with van der Waals surface area (Å²) in [5.74, 6) is 4.48. The van der Waals surface area contributed by atoms with Crippen molar-refractivity contribution < 1.29 is 19.3 Å². The first-order chi connectivity index (χ1) is 26.6. The first-order valence-electron chi connectivity index (χ1n) is 18.1. The van der Waals surface area contributed by atoms with E-state index in [2.05, 4.69) is 20.0 Å². The average Bonchev–Trinajstić information content (AvgIpc) is 3.20. The number of aliphatic hydroxyl groups excluding tert-OH is 1. The zero-order chi connectivity index (χ0) is 38.7. The summed E-state index contributed by atoms with van der Waals surface area (Å²) < 4.78 is 18.3. The molecule has 0 bridgehead atoms. The summed E-state index contributed by atoms with van der Waals surface area (Å²) >= 11 is 0. The molecule has 0 fully saturated rings. The average molecular weight is 739 g/mol. The van der Waals surface area contributed by atoms with Crippen LogP contribution in [0.5, 0.6) is 34.5 Å². The Balaban J connectivity index is 1.15. The van der Waals surface area contributed by atoms with Gasteiger partial charge in [0.05, 0.1) is 13.3 Å². The maximum Gasteiger partial charge on any atom is 0.127 e. The van der Waals surface area contributed by atoms with Crippen LogP contribution in [0.2, 0.25) is 0 Å². The van der Waals surface area contributed by atoms with Gasteiger partial charge in [0.1, 0.15) is 41.2 Å². The predicted molar refractivity (Wildman–Crippen MR) is 227 cm³/mol. The van der Waals surface area contributed by atoms with Gasteiger partial charge in [-0.15, -0.1) is 0 Å². The lowest BCUT2D eigenvalue weighted by atomic mass is 10.2. The fourth-order valence-corrected chi connectivity index (χ4v) is 5.76. The summed E-state index contributed by atoms with van der Waals surface area (Å²) in [5.41, 5.74) is 6.05. The third kappa shape index (κ3) is 10.6. The Morgan fingerprint density at radius 3 is 0.945 bits per heavy atom. The Labute approximate surface area is 324 Å². The van der Waals surface area contributed by atoms with E-state index < -0.39 is 0 Å². The number of nitrogens with one attached hydrogen (secondary N) is 1. The monoisotopic (exact) mass is 738 g/mol. The van der Waals surface area contributed by atoms with E-state index in [4.69, 9.17) is 14.2 Å². The molecule has 0 aliphatic rings. The van der Waals surface area contributed by atoms with Crippen molar-refractivity contribution >= 4 is 34.1 Å². The van der Waals surface area contributed by atoms with Crippen LogP contribution in [0.15, 0.2) is 146 Å². The third-order valence-corrected chi connectivity index (χ3v) is 9.01. The van der Waals surface area contributed by atoms with Crippen LogP contribution in [0.3, 0.4) is 0 Å². The Kier molecular flexibility index (Phi) is 12.5. The second-order valence-corrected chi connectivity index (χ2v) is 13.7. The molecule has 55 heavy (non-hydrogen) atoms. The van der Waals surface area contributed by atoms with E-state index in [0.29, 0.717) is 19.1 Å². The highest BCUT2D eigenvalue weighted by Gasteiger charge is 2.14. The molecule has 0 amide bonds. The highest BCUT2D eigenvalue weighted by Crippen LogP contribution is 2.30. The molecule has 0 saturated heterocycles. The van der Waals surface area contributed by atoms with Crippen molar-refractivity contribution in [1.82, 2.24) is 0 Å². The summed E-state index contributed by atoms with van der Waals surface area (Å²) in [6.07, 6.45) is 0. The van der Waals surface area contributed by atoms with E-state index in [1.165, 1.54) is 0 Å². The Bertz CT molecular complexity index is 2050. The summed E-state index contributed by atoms with van der Waals surface area (Å²) in [6.45, 7) is 0.666. The lowest BCUT2D eigenvalue weighted by molar-refractivity contribution is 0.290. The van der Waals surface area contributed by atoms with Crippen molar-refractivity contribution in [2.75, 3.05) is 92.2 Å². The first kappa shape index (κ1) is 38.2. The minimum atomic E-state index is -0.186. The lowest BCUT2D eigenvalue weighted by Crippen LogP contribution is -2.41. The van der Waals surface area contributed by atoms with E-state index >= 15 is 0 Å².